The summed E-state index contributed by atoms with van der Waals surface area (Å²) in [6, 6.07) is 15.0. The van der Waals surface area contributed by atoms with Gasteiger partial charge in [-0.2, -0.15) is 0 Å². The summed E-state index contributed by atoms with van der Waals surface area (Å²) in [5, 5.41) is 0.637. The highest BCUT2D eigenvalue weighted by molar-refractivity contribution is 9.10. The highest BCUT2D eigenvalue weighted by atomic mass is 79.9. The van der Waals surface area contributed by atoms with Crippen molar-refractivity contribution < 1.29 is 38.0 Å². The van der Waals surface area contributed by atoms with Gasteiger partial charge in [0.1, 0.15) is 6.61 Å². The molecule has 11 nitrogen and oxygen atoms in total. The third-order valence-corrected chi connectivity index (χ3v) is 9.47. The summed E-state index contributed by atoms with van der Waals surface area (Å²) in [5.41, 5.74) is 2.40. The first kappa shape index (κ1) is 36.7. The number of fused-ring (bicyclic) bond motifs is 1. The van der Waals surface area contributed by atoms with Crippen LogP contribution < -0.4 is 33.8 Å². The predicted molar refractivity (Wildman–Crippen MR) is 192 cm³/mol. The van der Waals surface area contributed by atoms with Crippen LogP contribution in [0.5, 0.6) is 23.0 Å². The number of thiazole rings is 1. The molecule has 14 heteroatoms. The van der Waals surface area contributed by atoms with Crippen molar-refractivity contribution in [1.29, 1.82) is 0 Å². The van der Waals surface area contributed by atoms with E-state index in [9.17, 15) is 14.4 Å². The van der Waals surface area contributed by atoms with Gasteiger partial charge < -0.3 is 28.4 Å². The zero-order valence-corrected chi connectivity index (χ0v) is 31.1. The van der Waals surface area contributed by atoms with Crippen molar-refractivity contribution in [2.24, 2.45) is 4.99 Å². The molecule has 5 rings (SSSR count). The standard InChI is InChI=1S/C36H34BrClN2O9S/c1-6-46-28-14-22(10-13-26(28)49-19-31(41)45-5)33-32(35(43)47-7-2)20(3)39-36-40(33)34(42)30(50-36)16-23-15-27(44-4)29(17-25(23)37)48-18-21-8-11-24(38)12-9-21/h8-17,33H,6-7,18-19H2,1-5H3/b30-16-/t33-/m1/s1. The molecule has 2 heterocycles. The number of rotatable bonds is 13. The van der Waals surface area contributed by atoms with E-state index in [4.69, 9.17) is 35.3 Å². The monoisotopic (exact) mass is 784 g/mol. The van der Waals surface area contributed by atoms with Gasteiger partial charge in [0.25, 0.3) is 5.56 Å². The number of carbonyl (C=O) groups excluding carboxylic acids is 2. The fourth-order valence-corrected chi connectivity index (χ4v) is 6.80. The highest BCUT2D eigenvalue weighted by Gasteiger charge is 2.34. The van der Waals surface area contributed by atoms with E-state index in [1.54, 1.807) is 69.3 Å². The number of carbonyl (C=O) groups is 2. The Labute approximate surface area is 305 Å². The summed E-state index contributed by atoms with van der Waals surface area (Å²) in [7, 11) is 2.81. The lowest BCUT2D eigenvalue weighted by Gasteiger charge is -2.25. The van der Waals surface area contributed by atoms with E-state index in [1.165, 1.54) is 30.1 Å². The van der Waals surface area contributed by atoms with Crippen LogP contribution in [-0.2, 0) is 25.7 Å². The highest BCUT2D eigenvalue weighted by Crippen LogP contribution is 2.37. The lowest BCUT2D eigenvalue weighted by Crippen LogP contribution is -2.40. The van der Waals surface area contributed by atoms with Crippen LogP contribution in [0, 0.1) is 0 Å². The normalized spacial score (nSPS) is 14.1. The average molecular weight is 786 g/mol. The first-order valence-corrected chi connectivity index (χ1v) is 17.5. The first-order valence-electron chi connectivity index (χ1n) is 15.5. The van der Waals surface area contributed by atoms with Crippen LogP contribution in [0.1, 0.15) is 43.5 Å². The number of allylic oxidation sites excluding steroid dienone is 1. The molecule has 1 aromatic heterocycles. The molecule has 0 spiro atoms. The molecule has 4 aromatic rings. The van der Waals surface area contributed by atoms with E-state index in [-0.39, 0.29) is 24.3 Å². The molecule has 0 bridgehead atoms. The van der Waals surface area contributed by atoms with Gasteiger partial charge >= 0.3 is 11.9 Å². The van der Waals surface area contributed by atoms with Gasteiger partial charge in [-0.25, -0.2) is 14.6 Å². The second-order valence-corrected chi connectivity index (χ2v) is 13.0. The Morgan fingerprint density at radius 1 is 0.960 bits per heavy atom. The number of hydrogen-bond acceptors (Lipinski definition) is 11. The molecule has 0 N–H and O–H groups in total. The Bertz CT molecular complexity index is 2130. The third kappa shape index (κ3) is 8.06. The van der Waals surface area contributed by atoms with E-state index < -0.39 is 18.0 Å². The van der Waals surface area contributed by atoms with Crippen molar-refractivity contribution in [3.05, 3.63) is 112 Å². The number of aromatic nitrogens is 1. The molecule has 50 heavy (non-hydrogen) atoms. The number of nitrogens with zero attached hydrogens (tertiary/aromatic N) is 2. The van der Waals surface area contributed by atoms with E-state index in [0.717, 1.165) is 5.56 Å². The molecule has 0 fully saturated rings. The zero-order valence-electron chi connectivity index (χ0n) is 27.9. The molecule has 0 radical (unpaired) electrons. The largest absolute Gasteiger partial charge is 0.493 e. The maximum absolute atomic E-state index is 14.3. The van der Waals surface area contributed by atoms with Crippen molar-refractivity contribution in [1.82, 2.24) is 4.57 Å². The van der Waals surface area contributed by atoms with Gasteiger partial charge in [0.2, 0.25) is 0 Å². The molecule has 0 aliphatic carbocycles. The van der Waals surface area contributed by atoms with Crippen molar-refractivity contribution in [3.63, 3.8) is 0 Å². The van der Waals surface area contributed by atoms with Gasteiger partial charge in [0.15, 0.2) is 34.4 Å². The Morgan fingerprint density at radius 3 is 2.38 bits per heavy atom. The van der Waals surface area contributed by atoms with E-state index in [1.807, 2.05) is 12.1 Å². The van der Waals surface area contributed by atoms with Crippen molar-refractivity contribution in [3.8, 4) is 23.0 Å². The van der Waals surface area contributed by atoms with Crippen LogP contribution in [0.15, 0.2) is 80.1 Å². The Kier molecular flexibility index (Phi) is 12.0. The van der Waals surface area contributed by atoms with Crippen molar-refractivity contribution >= 4 is 56.9 Å². The minimum absolute atomic E-state index is 0.131. The predicted octanol–water partition coefficient (Wildman–Crippen LogP) is 5.75. The van der Waals surface area contributed by atoms with Crippen LogP contribution in [0.2, 0.25) is 5.02 Å². The van der Waals surface area contributed by atoms with Crippen molar-refractivity contribution in [2.75, 3.05) is 34.0 Å². The minimum atomic E-state index is -0.900. The molecule has 1 atom stereocenters. The van der Waals surface area contributed by atoms with Crippen LogP contribution in [-0.4, -0.2) is 50.5 Å². The van der Waals surface area contributed by atoms with Crippen LogP contribution in [0.4, 0.5) is 0 Å². The molecule has 0 saturated carbocycles. The van der Waals surface area contributed by atoms with Crippen molar-refractivity contribution in [2.45, 2.75) is 33.4 Å². The lowest BCUT2D eigenvalue weighted by molar-refractivity contribution is -0.143. The van der Waals surface area contributed by atoms with Gasteiger partial charge in [0.05, 0.1) is 49.3 Å². The fourth-order valence-electron chi connectivity index (χ4n) is 5.20. The zero-order chi connectivity index (χ0) is 35.9. The number of hydrogen-bond donors (Lipinski definition) is 0. The summed E-state index contributed by atoms with van der Waals surface area (Å²) < 4.78 is 35.8. The number of methoxy groups -OCH3 is 2. The summed E-state index contributed by atoms with van der Waals surface area (Å²) in [5.74, 6) is 0.438. The van der Waals surface area contributed by atoms with Gasteiger partial charge in [-0.05, 0) is 79.9 Å². The second kappa shape index (κ2) is 16.4. The third-order valence-electron chi connectivity index (χ3n) is 7.55. The van der Waals surface area contributed by atoms with Gasteiger partial charge in [-0.3, -0.25) is 9.36 Å². The summed E-state index contributed by atoms with van der Waals surface area (Å²) in [6.45, 7) is 5.62. The average Bonchev–Trinajstić information content (AvgIpc) is 3.41. The minimum Gasteiger partial charge on any atom is -0.493 e. The molecule has 0 saturated heterocycles. The molecule has 1 aliphatic rings. The molecule has 1 aliphatic heterocycles. The van der Waals surface area contributed by atoms with Gasteiger partial charge in [-0.1, -0.05) is 57.1 Å². The molecule has 262 valence electrons. The molecule has 3 aromatic carbocycles. The van der Waals surface area contributed by atoms with Crippen LogP contribution in [0.25, 0.3) is 6.08 Å². The fraction of sp³-hybridized carbons (Fsp3) is 0.278. The Hall–Kier alpha value is -4.59. The van der Waals surface area contributed by atoms with E-state index in [2.05, 4.69) is 25.7 Å². The van der Waals surface area contributed by atoms with Crippen LogP contribution >= 0.6 is 38.9 Å². The topological polar surface area (TPSA) is 124 Å². The maximum atomic E-state index is 14.3. The second-order valence-electron chi connectivity index (χ2n) is 10.7. The number of ether oxygens (including phenoxy) is 6. The Morgan fingerprint density at radius 2 is 1.70 bits per heavy atom. The van der Waals surface area contributed by atoms with Gasteiger partial charge in [0, 0.05) is 9.50 Å². The number of benzene rings is 3. The van der Waals surface area contributed by atoms with Gasteiger partial charge in [-0.15, -0.1) is 0 Å². The molecular weight excluding hydrogens is 752 g/mol. The lowest BCUT2D eigenvalue weighted by atomic mass is 9.95. The van der Waals surface area contributed by atoms with E-state index in [0.29, 0.717) is 71.9 Å². The number of halogens is 2. The number of esters is 2. The molecular formula is C36H34BrClN2O9S. The maximum Gasteiger partial charge on any atom is 0.343 e. The summed E-state index contributed by atoms with van der Waals surface area (Å²) in [6.07, 6.45) is 1.73. The SMILES string of the molecule is CCOC(=O)C1=C(C)N=c2s/c(=C\c3cc(OC)c(OCc4ccc(Cl)cc4)cc3Br)c(=O)n2[C@@H]1c1ccc(OCC(=O)OC)c(OCC)c1. The molecule has 0 amide bonds. The quantitative estimate of drug-likeness (QED) is 0.156. The summed E-state index contributed by atoms with van der Waals surface area (Å²) >= 11 is 10.8. The summed E-state index contributed by atoms with van der Waals surface area (Å²) in [4.78, 5) is 44.5. The van der Waals surface area contributed by atoms with E-state index >= 15 is 0 Å². The van der Waals surface area contributed by atoms with Crippen LogP contribution in [0.3, 0.4) is 0 Å². The molecule has 0 unspecified atom stereocenters. The smallest absolute Gasteiger partial charge is 0.343 e. The first-order chi connectivity index (χ1) is 24.1. The Balaban J connectivity index is 1.58.